The fourth-order valence-electron chi connectivity index (χ4n) is 2.99. The highest BCUT2D eigenvalue weighted by atomic mass is 32.2. The van der Waals surface area contributed by atoms with Gasteiger partial charge in [-0.15, -0.1) is 10.2 Å². The second-order valence-electron chi connectivity index (χ2n) is 6.40. The topological polar surface area (TPSA) is 75.2 Å². The molecule has 0 atom stereocenters. The summed E-state index contributed by atoms with van der Waals surface area (Å²) in [4.78, 5) is 26.1. The number of aryl methyl sites for hydroxylation is 1. The summed E-state index contributed by atoms with van der Waals surface area (Å²) in [7, 11) is 0. The number of hydrogen-bond acceptors (Lipinski definition) is 7. The van der Waals surface area contributed by atoms with Crippen molar-refractivity contribution in [3.63, 3.8) is 0 Å². The van der Waals surface area contributed by atoms with E-state index < -0.39 is 0 Å². The van der Waals surface area contributed by atoms with E-state index in [1.165, 1.54) is 39.1 Å². The van der Waals surface area contributed by atoms with E-state index in [2.05, 4.69) is 35.4 Å². The van der Waals surface area contributed by atoms with Crippen LogP contribution in [-0.4, -0.2) is 39.2 Å². The van der Waals surface area contributed by atoms with E-state index in [0.29, 0.717) is 23.4 Å². The maximum absolute atomic E-state index is 12.4. The largest absolute Gasteiger partial charge is 0.330 e. The summed E-state index contributed by atoms with van der Waals surface area (Å²) in [6, 6.07) is 13.0. The van der Waals surface area contributed by atoms with E-state index >= 15 is 0 Å². The lowest BCUT2D eigenvalue weighted by molar-refractivity contribution is 0.0664. The number of thioether (sulfide) groups is 1. The first-order valence-electron chi connectivity index (χ1n) is 8.79. The SMILES string of the molecule is Cc1cccc(Nc2nnc(SCCN3C(=O)c4ccccc4C3=O)s2)c1C. The molecule has 2 amide bonds. The van der Waals surface area contributed by atoms with Crippen LogP contribution < -0.4 is 5.32 Å². The van der Waals surface area contributed by atoms with Gasteiger partial charge in [0.15, 0.2) is 4.34 Å². The Morgan fingerprint density at radius 2 is 1.71 bits per heavy atom. The highest BCUT2D eigenvalue weighted by molar-refractivity contribution is 8.01. The molecular formula is C20H18N4O2S2. The first-order valence-corrected chi connectivity index (χ1v) is 10.6. The van der Waals surface area contributed by atoms with Crippen LogP contribution in [0.1, 0.15) is 31.8 Å². The van der Waals surface area contributed by atoms with Crippen molar-refractivity contribution in [3.05, 3.63) is 64.7 Å². The van der Waals surface area contributed by atoms with Gasteiger partial charge in [-0.3, -0.25) is 14.5 Å². The molecule has 3 aromatic rings. The quantitative estimate of drug-likeness (QED) is 0.483. The third-order valence-electron chi connectivity index (χ3n) is 4.67. The van der Waals surface area contributed by atoms with E-state index in [-0.39, 0.29) is 11.8 Å². The number of carbonyl (C=O) groups excluding carboxylic acids is 2. The van der Waals surface area contributed by atoms with Crippen LogP contribution in [0.25, 0.3) is 0 Å². The number of nitrogens with one attached hydrogen (secondary N) is 1. The Hall–Kier alpha value is -2.71. The highest BCUT2D eigenvalue weighted by Crippen LogP contribution is 2.30. The van der Waals surface area contributed by atoms with Gasteiger partial charge in [0.2, 0.25) is 5.13 Å². The minimum Gasteiger partial charge on any atom is -0.330 e. The lowest BCUT2D eigenvalue weighted by Gasteiger charge is -2.12. The van der Waals surface area contributed by atoms with Crippen molar-refractivity contribution >= 4 is 45.7 Å². The van der Waals surface area contributed by atoms with E-state index in [4.69, 9.17) is 0 Å². The Kier molecular flexibility index (Phi) is 5.15. The number of benzene rings is 2. The number of rotatable bonds is 6. The predicted octanol–water partition coefficient (Wildman–Crippen LogP) is 4.29. The van der Waals surface area contributed by atoms with Crippen LogP contribution in [0.3, 0.4) is 0 Å². The molecule has 1 aliphatic rings. The van der Waals surface area contributed by atoms with Crippen LogP contribution in [0.15, 0.2) is 46.8 Å². The zero-order valence-corrected chi connectivity index (χ0v) is 17.1. The van der Waals surface area contributed by atoms with Gasteiger partial charge in [0.25, 0.3) is 11.8 Å². The van der Waals surface area contributed by atoms with Crippen molar-refractivity contribution in [2.45, 2.75) is 18.2 Å². The van der Waals surface area contributed by atoms with Gasteiger partial charge in [-0.1, -0.05) is 47.4 Å². The van der Waals surface area contributed by atoms with Crippen LogP contribution in [0.2, 0.25) is 0 Å². The molecule has 1 aliphatic heterocycles. The molecule has 8 heteroatoms. The Balaban J connectivity index is 1.35. The van der Waals surface area contributed by atoms with Gasteiger partial charge < -0.3 is 5.32 Å². The molecule has 2 aromatic carbocycles. The summed E-state index contributed by atoms with van der Waals surface area (Å²) in [6.45, 7) is 4.48. The number of nitrogens with zero attached hydrogens (tertiary/aromatic N) is 3. The molecule has 0 aliphatic carbocycles. The molecule has 0 saturated carbocycles. The molecular weight excluding hydrogens is 392 g/mol. The molecule has 0 saturated heterocycles. The number of hydrogen-bond donors (Lipinski definition) is 1. The number of anilines is 2. The zero-order valence-electron chi connectivity index (χ0n) is 15.4. The fraction of sp³-hybridized carbons (Fsp3) is 0.200. The molecule has 6 nitrogen and oxygen atoms in total. The number of imide groups is 1. The molecule has 0 radical (unpaired) electrons. The van der Waals surface area contributed by atoms with Crippen molar-refractivity contribution in [2.24, 2.45) is 0 Å². The van der Waals surface area contributed by atoms with Gasteiger partial charge in [-0.05, 0) is 43.2 Å². The van der Waals surface area contributed by atoms with E-state index in [1.807, 2.05) is 12.1 Å². The van der Waals surface area contributed by atoms with Crippen LogP contribution in [0.5, 0.6) is 0 Å². The normalized spacial score (nSPS) is 13.1. The van der Waals surface area contributed by atoms with Gasteiger partial charge in [-0.25, -0.2) is 0 Å². The van der Waals surface area contributed by atoms with Crippen LogP contribution in [0, 0.1) is 13.8 Å². The summed E-state index contributed by atoms with van der Waals surface area (Å²) in [5, 5.41) is 12.4. The molecule has 0 fully saturated rings. The molecule has 2 heterocycles. The third kappa shape index (κ3) is 3.53. The lowest BCUT2D eigenvalue weighted by Crippen LogP contribution is -2.31. The van der Waals surface area contributed by atoms with Gasteiger partial charge in [0.05, 0.1) is 11.1 Å². The number of carbonyl (C=O) groups is 2. The minimum absolute atomic E-state index is 0.226. The Labute approximate surface area is 171 Å². The monoisotopic (exact) mass is 410 g/mol. The second-order valence-corrected chi connectivity index (χ2v) is 8.72. The Morgan fingerprint density at radius 1 is 1.00 bits per heavy atom. The van der Waals surface area contributed by atoms with Crippen molar-refractivity contribution < 1.29 is 9.59 Å². The average molecular weight is 411 g/mol. The number of amides is 2. The summed E-state index contributed by atoms with van der Waals surface area (Å²) < 4.78 is 0.796. The van der Waals surface area contributed by atoms with Crippen LogP contribution in [0.4, 0.5) is 10.8 Å². The highest BCUT2D eigenvalue weighted by Gasteiger charge is 2.34. The van der Waals surface area contributed by atoms with E-state index in [1.54, 1.807) is 24.3 Å². The molecule has 1 N–H and O–H groups in total. The van der Waals surface area contributed by atoms with Crippen molar-refractivity contribution in [1.29, 1.82) is 0 Å². The average Bonchev–Trinajstić information content (AvgIpc) is 3.24. The lowest BCUT2D eigenvalue weighted by atomic mass is 10.1. The van der Waals surface area contributed by atoms with Gasteiger partial charge in [-0.2, -0.15) is 0 Å². The summed E-state index contributed by atoms with van der Waals surface area (Å²) in [5.74, 6) is 0.121. The molecule has 0 unspecified atom stereocenters. The van der Waals surface area contributed by atoms with Crippen molar-refractivity contribution in [2.75, 3.05) is 17.6 Å². The maximum Gasteiger partial charge on any atom is 0.261 e. The Bertz CT molecular complexity index is 1030. The predicted molar refractivity (Wildman–Crippen MR) is 112 cm³/mol. The summed E-state index contributed by atoms with van der Waals surface area (Å²) in [5.41, 5.74) is 4.36. The van der Waals surface area contributed by atoms with E-state index in [9.17, 15) is 9.59 Å². The van der Waals surface area contributed by atoms with Gasteiger partial charge in [0.1, 0.15) is 0 Å². The number of aromatic nitrogens is 2. The van der Waals surface area contributed by atoms with E-state index in [0.717, 1.165) is 15.2 Å². The first kappa shape index (κ1) is 18.6. The molecule has 28 heavy (non-hydrogen) atoms. The fourth-order valence-corrected chi connectivity index (χ4v) is 4.75. The second kappa shape index (κ2) is 7.73. The van der Waals surface area contributed by atoms with Crippen LogP contribution >= 0.6 is 23.1 Å². The summed E-state index contributed by atoms with van der Waals surface area (Å²) >= 11 is 2.94. The standard InChI is InChI=1S/C20H18N4O2S2/c1-12-6-5-9-16(13(12)2)21-19-22-23-20(28-19)27-11-10-24-17(25)14-7-3-4-8-15(14)18(24)26/h3-9H,10-11H2,1-2H3,(H,21,22). The zero-order chi connectivity index (χ0) is 19.7. The van der Waals surface area contributed by atoms with Crippen molar-refractivity contribution in [1.82, 2.24) is 15.1 Å². The Morgan fingerprint density at radius 3 is 2.43 bits per heavy atom. The third-order valence-corrected chi connectivity index (χ3v) is 6.62. The number of fused-ring (bicyclic) bond motifs is 1. The van der Waals surface area contributed by atoms with Crippen LogP contribution in [-0.2, 0) is 0 Å². The molecule has 1 aromatic heterocycles. The molecule has 0 spiro atoms. The molecule has 0 bridgehead atoms. The smallest absolute Gasteiger partial charge is 0.261 e. The van der Waals surface area contributed by atoms with Gasteiger partial charge in [0, 0.05) is 18.0 Å². The summed E-state index contributed by atoms with van der Waals surface area (Å²) in [6.07, 6.45) is 0. The minimum atomic E-state index is -0.226. The molecule has 142 valence electrons. The first-order chi connectivity index (χ1) is 13.5. The maximum atomic E-state index is 12.4. The molecule has 4 rings (SSSR count). The van der Waals surface area contributed by atoms with Crippen molar-refractivity contribution in [3.8, 4) is 0 Å². The van der Waals surface area contributed by atoms with Gasteiger partial charge >= 0.3 is 0 Å².